The molecule has 120 valence electrons. The minimum Gasteiger partial charge on any atom is -0.314 e. The van der Waals surface area contributed by atoms with E-state index in [-0.39, 0.29) is 10.8 Å². The molecule has 0 spiro atoms. The van der Waals surface area contributed by atoms with E-state index in [0.717, 1.165) is 31.8 Å². The quantitative estimate of drug-likeness (QED) is 0.775. The molecule has 1 saturated heterocycles. The smallest absolute Gasteiger partial charge is 0.164 e. The minimum absolute atomic E-state index is 0.0557. The molecule has 1 N–H and O–H groups in total. The zero-order chi connectivity index (χ0) is 15.4. The van der Waals surface area contributed by atoms with E-state index in [4.69, 9.17) is 0 Å². The maximum absolute atomic E-state index is 12.0. The Bertz CT molecular complexity index is 396. The summed E-state index contributed by atoms with van der Waals surface area (Å²) in [6.45, 7) is 11.5. The van der Waals surface area contributed by atoms with Crippen molar-refractivity contribution >= 4 is 21.6 Å². The summed E-state index contributed by atoms with van der Waals surface area (Å²) in [5.74, 6) is 1.73. The van der Waals surface area contributed by atoms with Gasteiger partial charge >= 0.3 is 0 Å². The number of hydrogen-bond donors (Lipinski definition) is 1. The lowest BCUT2D eigenvalue weighted by molar-refractivity contribution is 0.140. The predicted octanol–water partition coefficient (Wildman–Crippen LogP) is 1.82. The molecule has 2 atom stereocenters. The Morgan fingerprint density at radius 2 is 2.10 bits per heavy atom. The lowest BCUT2D eigenvalue weighted by Gasteiger charge is -2.42. The SMILES string of the molecule is CCCNC(C)C(C)(C)CN1CCSCC1S(C)(=O)=O. The molecule has 1 heterocycles. The van der Waals surface area contributed by atoms with Crippen molar-refractivity contribution in [1.82, 2.24) is 10.2 Å². The van der Waals surface area contributed by atoms with Gasteiger partial charge < -0.3 is 5.32 Å². The largest absolute Gasteiger partial charge is 0.314 e. The first-order valence-electron chi connectivity index (χ1n) is 7.42. The zero-order valence-corrected chi connectivity index (χ0v) is 15.1. The molecule has 1 aliphatic heterocycles. The van der Waals surface area contributed by atoms with Crippen LogP contribution in [0.3, 0.4) is 0 Å². The van der Waals surface area contributed by atoms with E-state index in [1.165, 1.54) is 6.26 Å². The van der Waals surface area contributed by atoms with Crippen molar-refractivity contribution in [2.45, 2.75) is 45.5 Å². The summed E-state index contributed by atoms with van der Waals surface area (Å²) in [7, 11) is -3.01. The number of nitrogens with zero attached hydrogens (tertiary/aromatic N) is 1. The van der Waals surface area contributed by atoms with Crippen LogP contribution in [0.1, 0.15) is 34.1 Å². The normalized spacial score (nSPS) is 23.8. The van der Waals surface area contributed by atoms with Crippen LogP contribution in [0.25, 0.3) is 0 Å². The van der Waals surface area contributed by atoms with E-state index >= 15 is 0 Å². The van der Waals surface area contributed by atoms with Gasteiger partial charge in [0.15, 0.2) is 9.84 Å². The van der Waals surface area contributed by atoms with Gasteiger partial charge in [0.05, 0.1) is 0 Å². The summed E-state index contributed by atoms with van der Waals surface area (Å²) in [4.78, 5) is 2.16. The number of thioether (sulfide) groups is 1. The van der Waals surface area contributed by atoms with E-state index in [1.54, 1.807) is 11.8 Å². The molecular formula is C14H30N2O2S2. The molecule has 1 rings (SSSR count). The molecule has 1 aliphatic rings. The molecule has 0 radical (unpaired) electrons. The van der Waals surface area contributed by atoms with Crippen molar-refractivity contribution < 1.29 is 8.42 Å². The molecule has 0 aromatic heterocycles. The second-order valence-electron chi connectivity index (χ2n) is 6.49. The van der Waals surface area contributed by atoms with Gasteiger partial charge in [0.2, 0.25) is 0 Å². The van der Waals surface area contributed by atoms with Crippen LogP contribution in [-0.4, -0.2) is 62.1 Å². The molecule has 6 heteroatoms. The molecular weight excluding hydrogens is 292 g/mol. The van der Waals surface area contributed by atoms with Crippen LogP contribution in [0.5, 0.6) is 0 Å². The fourth-order valence-electron chi connectivity index (χ4n) is 2.49. The molecule has 20 heavy (non-hydrogen) atoms. The Labute approximate surface area is 129 Å². The Kier molecular flexibility index (Phi) is 6.83. The third-order valence-electron chi connectivity index (χ3n) is 4.17. The Hall–Kier alpha value is 0.220. The number of rotatable bonds is 7. The lowest BCUT2D eigenvalue weighted by atomic mass is 9.84. The second kappa shape index (κ2) is 7.47. The third-order valence-corrected chi connectivity index (χ3v) is 6.86. The first kappa shape index (κ1) is 18.3. The average molecular weight is 323 g/mol. The Morgan fingerprint density at radius 3 is 2.65 bits per heavy atom. The molecule has 4 nitrogen and oxygen atoms in total. The van der Waals surface area contributed by atoms with Crippen molar-refractivity contribution in [3.8, 4) is 0 Å². The van der Waals surface area contributed by atoms with Gasteiger partial charge in [-0.25, -0.2) is 8.42 Å². The van der Waals surface area contributed by atoms with Crippen LogP contribution < -0.4 is 5.32 Å². The van der Waals surface area contributed by atoms with E-state index in [0.29, 0.717) is 11.8 Å². The van der Waals surface area contributed by atoms with Gasteiger partial charge in [0, 0.05) is 36.9 Å². The van der Waals surface area contributed by atoms with Gasteiger partial charge in [-0.15, -0.1) is 0 Å². The van der Waals surface area contributed by atoms with Gasteiger partial charge in [-0.1, -0.05) is 20.8 Å². The summed E-state index contributed by atoms with van der Waals surface area (Å²) in [6.07, 6.45) is 2.48. The molecule has 0 amide bonds. The number of sulfone groups is 1. The maximum atomic E-state index is 12.0. The maximum Gasteiger partial charge on any atom is 0.164 e. The topological polar surface area (TPSA) is 49.4 Å². The van der Waals surface area contributed by atoms with Crippen molar-refractivity contribution in [3.05, 3.63) is 0 Å². The van der Waals surface area contributed by atoms with Crippen LogP contribution in [0.2, 0.25) is 0 Å². The van der Waals surface area contributed by atoms with E-state index in [2.05, 4.69) is 37.9 Å². The van der Waals surface area contributed by atoms with Crippen LogP contribution in [0.15, 0.2) is 0 Å². The van der Waals surface area contributed by atoms with Gasteiger partial charge in [-0.05, 0) is 25.3 Å². The monoisotopic (exact) mass is 322 g/mol. The molecule has 1 fully saturated rings. The van der Waals surface area contributed by atoms with E-state index < -0.39 is 9.84 Å². The summed E-state index contributed by atoms with van der Waals surface area (Å²) in [5.41, 5.74) is 0.0557. The molecule has 0 saturated carbocycles. The predicted molar refractivity (Wildman–Crippen MR) is 89.1 cm³/mol. The van der Waals surface area contributed by atoms with Crippen LogP contribution in [0.4, 0.5) is 0 Å². The van der Waals surface area contributed by atoms with Crippen LogP contribution >= 0.6 is 11.8 Å². The minimum atomic E-state index is -3.01. The fourth-order valence-corrected chi connectivity index (χ4v) is 5.43. The molecule has 0 aromatic rings. The van der Waals surface area contributed by atoms with E-state index in [1.807, 2.05) is 0 Å². The molecule has 2 unspecified atom stereocenters. The van der Waals surface area contributed by atoms with Crippen molar-refractivity contribution in [1.29, 1.82) is 0 Å². The average Bonchev–Trinajstić information content (AvgIpc) is 2.34. The standard InChI is InChI=1S/C14H30N2O2S2/c1-6-7-15-12(2)14(3,4)11-16-8-9-19-10-13(16)20(5,17)18/h12-13,15H,6-11H2,1-5H3. The van der Waals surface area contributed by atoms with Crippen LogP contribution in [0, 0.1) is 5.41 Å². The summed E-state index contributed by atoms with van der Waals surface area (Å²) >= 11 is 1.75. The summed E-state index contributed by atoms with van der Waals surface area (Å²) in [5, 5.41) is 3.21. The van der Waals surface area contributed by atoms with Gasteiger partial charge in [-0.3, -0.25) is 4.90 Å². The molecule has 0 aromatic carbocycles. The Balaban J connectivity index is 2.72. The van der Waals surface area contributed by atoms with E-state index in [9.17, 15) is 8.42 Å². The van der Waals surface area contributed by atoms with Gasteiger partial charge in [0.25, 0.3) is 0 Å². The first-order valence-corrected chi connectivity index (χ1v) is 10.5. The van der Waals surface area contributed by atoms with Crippen molar-refractivity contribution in [2.24, 2.45) is 5.41 Å². The second-order valence-corrected chi connectivity index (χ2v) is 9.85. The molecule has 0 bridgehead atoms. The highest BCUT2D eigenvalue weighted by Crippen LogP contribution is 2.28. The van der Waals surface area contributed by atoms with Crippen LogP contribution in [-0.2, 0) is 9.84 Å². The summed E-state index contributed by atoms with van der Waals surface area (Å²) in [6, 6.07) is 0.372. The Morgan fingerprint density at radius 1 is 1.45 bits per heavy atom. The van der Waals surface area contributed by atoms with Crippen molar-refractivity contribution in [2.75, 3.05) is 37.4 Å². The van der Waals surface area contributed by atoms with Gasteiger partial charge in [0.1, 0.15) is 5.37 Å². The lowest BCUT2D eigenvalue weighted by Crippen LogP contribution is -2.54. The molecule has 0 aliphatic carbocycles. The number of hydrogen-bond acceptors (Lipinski definition) is 5. The van der Waals surface area contributed by atoms with Crippen molar-refractivity contribution in [3.63, 3.8) is 0 Å². The highest BCUT2D eigenvalue weighted by molar-refractivity contribution is 8.00. The highest BCUT2D eigenvalue weighted by atomic mass is 32.2. The highest BCUT2D eigenvalue weighted by Gasteiger charge is 2.36. The third kappa shape index (κ3) is 5.20. The number of nitrogens with one attached hydrogen (secondary N) is 1. The fraction of sp³-hybridized carbons (Fsp3) is 1.00. The van der Waals surface area contributed by atoms with Gasteiger partial charge in [-0.2, -0.15) is 11.8 Å². The first-order chi connectivity index (χ1) is 9.18. The summed E-state index contributed by atoms with van der Waals surface area (Å²) < 4.78 is 23.9. The zero-order valence-electron chi connectivity index (χ0n) is 13.5.